The predicted molar refractivity (Wildman–Crippen MR) is 218 cm³/mol. The zero-order valence-corrected chi connectivity index (χ0v) is 33.8. The Balaban J connectivity index is 3.50. The van der Waals surface area contributed by atoms with Gasteiger partial charge < -0.3 is 20.6 Å². The summed E-state index contributed by atoms with van der Waals surface area (Å²) in [4.78, 5) is 12.4. The van der Waals surface area contributed by atoms with Gasteiger partial charge in [-0.15, -0.1) is 0 Å². The average Bonchev–Trinajstić information content (AvgIpc) is 3.12. The van der Waals surface area contributed by atoms with E-state index < -0.39 is 18.2 Å². The van der Waals surface area contributed by atoms with Crippen molar-refractivity contribution in [3.8, 4) is 0 Å². The number of allylic oxidation sites excluding steroid dienone is 2. The summed E-state index contributed by atoms with van der Waals surface area (Å²) in [7, 11) is 0. The van der Waals surface area contributed by atoms with E-state index in [2.05, 4.69) is 31.3 Å². The van der Waals surface area contributed by atoms with E-state index in [1.165, 1.54) is 180 Å². The topological polar surface area (TPSA) is 89.8 Å². The molecular formula is C45H89NO4. The first kappa shape index (κ1) is 49.1. The molecule has 50 heavy (non-hydrogen) atoms. The normalized spacial score (nSPS) is 13.6. The standard InChI is InChI=1S/C45H89NO4/c1-3-5-7-9-11-13-14-15-16-17-18-19-20-21-22-23-24-25-26-27-28-29-30-32-34-36-38-40-44(49)46-42(41-47)45(50)43(48)39-37-35-33-31-12-10-8-6-4-2/h21-22,42-43,45,47-48,50H,3-20,23-41H2,1-2H3,(H,46,49)/b22-21-. The fraction of sp³-hybridized carbons (Fsp3) is 0.933. The minimum Gasteiger partial charge on any atom is -0.394 e. The second-order valence-electron chi connectivity index (χ2n) is 15.6. The maximum absolute atomic E-state index is 12.4. The number of unbranched alkanes of at least 4 members (excludes halogenated alkanes) is 31. The number of carbonyl (C=O) groups is 1. The minimum atomic E-state index is -1.13. The summed E-state index contributed by atoms with van der Waals surface area (Å²) >= 11 is 0. The van der Waals surface area contributed by atoms with E-state index in [4.69, 9.17) is 0 Å². The van der Waals surface area contributed by atoms with E-state index in [1.807, 2.05) is 0 Å². The van der Waals surface area contributed by atoms with Gasteiger partial charge in [0.05, 0.1) is 18.8 Å². The Morgan fingerprint density at radius 3 is 1.16 bits per heavy atom. The molecule has 0 spiro atoms. The molecular weight excluding hydrogens is 618 g/mol. The van der Waals surface area contributed by atoms with E-state index in [0.29, 0.717) is 12.8 Å². The van der Waals surface area contributed by atoms with Crippen molar-refractivity contribution in [2.45, 2.75) is 263 Å². The monoisotopic (exact) mass is 708 g/mol. The van der Waals surface area contributed by atoms with E-state index >= 15 is 0 Å². The van der Waals surface area contributed by atoms with Crippen molar-refractivity contribution < 1.29 is 20.1 Å². The maximum Gasteiger partial charge on any atom is 0.220 e. The Kier molecular flexibility index (Phi) is 40.1. The number of hydrogen-bond acceptors (Lipinski definition) is 4. The second kappa shape index (κ2) is 40.9. The van der Waals surface area contributed by atoms with Gasteiger partial charge in [-0.05, 0) is 38.5 Å². The highest BCUT2D eigenvalue weighted by Gasteiger charge is 2.26. The van der Waals surface area contributed by atoms with Crippen LogP contribution in [0.3, 0.4) is 0 Å². The number of amides is 1. The van der Waals surface area contributed by atoms with Gasteiger partial charge in [-0.3, -0.25) is 4.79 Å². The molecule has 3 atom stereocenters. The molecule has 0 aliphatic carbocycles. The van der Waals surface area contributed by atoms with E-state index in [0.717, 1.165) is 38.5 Å². The molecule has 5 heteroatoms. The molecule has 0 saturated carbocycles. The number of aliphatic hydroxyl groups is 3. The molecule has 0 aromatic heterocycles. The Bertz CT molecular complexity index is 699. The van der Waals surface area contributed by atoms with Crippen LogP contribution >= 0.6 is 0 Å². The van der Waals surface area contributed by atoms with Crippen molar-refractivity contribution in [1.29, 1.82) is 0 Å². The molecule has 1 amide bonds. The van der Waals surface area contributed by atoms with Crippen LogP contribution in [0.15, 0.2) is 12.2 Å². The van der Waals surface area contributed by atoms with Crippen LogP contribution in [0.5, 0.6) is 0 Å². The Morgan fingerprint density at radius 2 is 0.800 bits per heavy atom. The van der Waals surface area contributed by atoms with Crippen molar-refractivity contribution in [2.24, 2.45) is 0 Å². The number of rotatable bonds is 41. The molecule has 0 aliphatic heterocycles. The summed E-state index contributed by atoms with van der Waals surface area (Å²) < 4.78 is 0. The third-order valence-electron chi connectivity index (χ3n) is 10.6. The fourth-order valence-electron chi connectivity index (χ4n) is 7.10. The lowest BCUT2D eigenvalue weighted by molar-refractivity contribution is -0.124. The lowest BCUT2D eigenvalue weighted by atomic mass is 9.99. The number of hydrogen-bond donors (Lipinski definition) is 4. The van der Waals surface area contributed by atoms with Gasteiger partial charge in [0.15, 0.2) is 0 Å². The zero-order valence-electron chi connectivity index (χ0n) is 33.8. The molecule has 0 aromatic carbocycles. The maximum atomic E-state index is 12.4. The van der Waals surface area contributed by atoms with Crippen LogP contribution in [0.2, 0.25) is 0 Å². The van der Waals surface area contributed by atoms with Gasteiger partial charge in [-0.25, -0.2) is 0 Å². The van der Waals surface area contributed by atoms with E-state index in [1.54, 1.807) is 0 Å². The summed E-state index contributed by atoms with van der Waals surface area (Å²) in [5.74, 6) is -0.145. The predicted octanol–water partition coefficient (Wildman–Crippen LogP) is 12.8. The van der Waals surface area contributed by atoms with Gasteiger partial charge >= 0.3 is 0 Å². The second-order valence-corrected chi connectivity index (χ2v) is 15.6. The number of carbonyl (C=O) groups excluding carboxylic acids is 1. The molecule has 0 fully saturated rings. The van der Waals surface area contributed by atoms with Gasteiger partial charge in [-0.1, -0.05) is 212 Å². The molecule has 0 rings (SSSR count). The Labute approximate surface area is 312 Å². The zero-order chi connectivity index (χ0) is 36.6. The summed E-state index contributed by atoms with van der Waals surface area (Å²) in [6, 6.07) is -0.804. The minimum absolute atomic E-state index is 0.145. The van der Waals surface area contributed by atoms with Crippen LogP contribution in [0.25, 0.3) is 0 Å². The van der Waals surface area contributed by atoms with Crippen molar-refractivity contribution in [2.75, 3.05) is 6.61 Å². The van der Waals surface area contributed by atoms with E-state index in [-0.39, 0.29) is 12.5 Å². The third-order valence-corrected chi connectivity index (χ3v) is 10.6. The van der Waals surface area contributed by atoms with Gasteiger partial charge in [0.1, 0.15) is 6.10 Å². The van der Waals surface area contributed by atoms with Crippen LogP contribution in [-0.4, -0.2) is 46.1 Å². The molecule has 4 N–H and O–H groups in total. The lowest BCUT2D eigenvalue weighted by Crippen LogP contribution is -2.50. The van der Waals surface area contributed by atoms with Gasteiger partial charge in [0.2, 0.25) is 5.91 Å². The van der Waals surface area contributed by atoms with Crippen LogP contribution in [0.1, 0.15) is 245 Å². The molecule has 0 heterocycles. The molecule has 298 valence electrons. The number of aliphatic hydroxyl groups excluding tert-OH is 3. The van der Waals surface area contributed by atoms with Crippen molar-refractivity contribution in [1.82, 2.24) is 5.32 Å². The van der Waals surface area contributed by atoms with Gasteiger partial charge in [-0.2, -0.15) is 0 Å². The van der Waals surface area contributed by atoms with Crippen molar-refractivity contribution >= 4 is 5.91 Å². The van der Waals surface area contributed by atoms with Gasteiger partial charge in [0, 0.05) is 6.42 Å². The summed E-state index contributed by atoms with van der Waals surface area (Å²) in [6.45, 7) is 4.16. The first-order valence-electron chi connectivity index (χ1n) is 22.5. The quantitative estimate of drug-likeness (QED) is 0.0376. The highest BCUT2D eigenvalue weighted by atomic mass is 16.3. The first-order valence-corrected chi connectivity index (χ1v) is 22.5. The summed E-state index contributed by atoms with van der Waals surface area (Å²) in [5, 5.41) is 33.4. The average molecular weight is 708 g/mol. The first-order chi connectivity index (χ1) is 24.6. The fourth-order valence-corrected chi connectivity index (χ4v) is 7.10. The number of nitrogens with one attached hydrogen (secondary N) is 1. The Morgan fingerprint density at radius 1 is 0.480 bits per heavy atom. The van der Waals surface area contributed by atoms with Crippen LogP contribution in [0.4, 0.5) is 0 Å². The van der Waals surface area contributed by atoms with Crippen molar-refractivity contribution in [3.63, 3.8) is 0 Å². The van der Waals surface area contributed by atoms with E-state index in [9.17, 15) is 20.1 Å². The SMILES string of the molecule is CCCCCCCCCCCCCC/C=C\CCCCCCCCCCCCCC(=O)NC(CO)C(O)C(O)CCCCCCCCCCC. The molecule has 5 nitrogen and oxygen atoms in total. The molecule has 3 unspecified atom stereocenters. The molecule has 0 aliphatic rings. The van der Waals surface area contributed by atoms with Gasteiger partial charge in [0.25, 0.3) is 0 Å². The largest absolute Gasteiger partial charge is 0.394 e. The van der Waals surface area contributed by atoms with Crippen LogP contribution in [-0.2, 0) is 4.79 Å². The molecule has 0 aromatic rings. The van der Waals surface area contributed by atoms with Crippen molar-refractivity contribution in [3.05, 3.63) is 12.2 Å². The highest BCUT2D eigenvalue weighted by molar-refractivity contribution is 5.76. The third kappa shape index (κ3) is 35.5. The summed E-state index contributed by atoms with van der Waals surface area (Å²) in [5.41, 5.74) is 0. The lowest BCUT2D eigenvalue weighted by Gasteiger charge is -2.26. The molecule has 0 bridgehead atoms. The Hall–Kier alpha value is -0.910. The molecule has 0 saturated heterocycles. The van der Waals surface area contributed by atoms with Crippen LogP contribution in [0, 0.1) is 0 Å². The molecule has 0 radical (unpaired) electrons. The van der Waals surface area contributed by atoms with Crippen LogP contribution < -0.4 is 5.32 Å². The smallest absolute Gasteiger partial charge is 0.220 e. The highest BCUT2D eigenvalue weighted by Crippen LogP contribution is 2.16. The summed E-state index contributed by atoms with van der Waals surface area (Å²) in [6.07, 6.45) is 47.7.